The summed E-state index contributed by atoms with van der Waals surface area (Å²) in [6, 6.07) is 14.7. The lowest BCUT2D eigenvalue weighted by atomic mass is 9.82. The van der Waals surface area contributed by atoms with Crippen molar-refractivity contribution in [1.29, 1.82) is 5.26 Å². The van der Waals surface area contributed by atoms with Gasteiger partial charge in [0.05, 0.1) is 45.4 Å². The molecule has 192 valence electrons. The van der Waals surface area contributed by atoms with Gasteiger partial charge in [-0.25, -0.2) is 4.79 Å². The van der Waals surface area contributed by atoms with Crippen molar-refractivity contribution in [2.24, 2.45) is 0 Å². The monoisotopic (exact) mass is 542 g/mol. The largest absolute Gasteiger partial charge is 0.460 e. The van der Waals surface area contributed by atoms with Crippen LogP contribution in [0.2, 0.25) is 5.02 Å². The molecule has 0 bridgehead atoms. The van der Waals surface area contributed by atoms with Crippen molar-refractivity contribution in [3.8, 4) is 6.07 Å². The normalized spacial score (nSPS) is 15.0. The number of hydrogen-bond acceptors (Lipinski definition) is 9. The molecule has 10 nitrogen and oxygen atoms in total. The Hall–Kier alpha value is -3.85. The first-order chi connectivity index (χ1) is 17.8. The van der Waals surface area contributed by atoms with Crippen molar-refractivity contribution in [3.63, 3.8) is 0 Å². The summed E-state index contributed by atoms with van der Waals surface area (Å²) >= 11 is 7.09. The summed E-state index contributed by atoms with van der Waals surface area (Å²) in [7, 11) is 1.49. The smallest absolute Gasteiger partial charge is 0.336 e. The lowest BCUT2D eigenvalue weighted by Gasteiger charge is -2.29. The average Bonchev–Trinajstić information content (AvgIpc) is 2.87. The van der Waals surface area contributed by atoms with E-state index in [-0.39, 0.29) is 41.5 Å². The Balaban J connectivity index is 1.88. The Labute approximate surface area is 222 Å². The summed E-state index contributed by atoms with van der Waals surface area (Å²) in [6.45, 7) is 1.93. The molecule has 0 saturated heterocycles. The molecule has 2 aromatic rings. The van der Waals surface area contributed by atoms with Crippen molar-refractivity contribution < 1.29 is 24.0 Å². The molecule has 0 unspecified atom stereocenters. The van der Waals surface area contributed by atoms with Gasteiger partial charge in [-0.3, -0.25) is 14.9 Å². The number of carbonyl (C=O) groups is 2. The van der Waals surface area contributed by atoms with Crippen LogP contribution in [0, 0.1) is 21.4 Å². The highest BCUT2D eigenvalue weighted by atomic mass is 35.5. The van der Waals surface area contributed by atoms with E-state index >= 15 is 0 Å². The number of anilines is 1. The zero-order valence-electron chi connectivity index (χ0n) is 19.9. The average molecular weight is 543 g/mol. The maximum atomic E-state index is 13.0. The van der Waals surface area contributed by atoms with E-state index in [1.807, 2.05) is 0 Å². The van der Waals surface area contributed by atoms with E-state index in [0.29, 0.717) is 21.3 Å². The van der Waals surface area contributed by atoms with E-state index in [1.54, 1.807) is 37.3 Å². The predicted molar refractivity (Wildman–Crippen MR) is 140 cm³/mol. The molecular weight excluding hydrogens is 520 g/mol. The number of dihydropyridines is 1. The number of nitrogens with one attached hydrogen (secondary N) is 2. The van der Waals surface area contributed by atoms with Gasteiger partial charge in [-0.05, 0) is 30.7 Å². The molecular formula is C25H23ClN4O6S. The Morgan fingerprint density at radius 2 is 1.92 bits per heavy atom. The molecule has 0 aromatic heterocycles. The van der Waals surface area contributed by atoms with E-state index in [2.05, 4.69) is 16.7 Å². The van der Waals surface area contributed by atoms with Crippen LogP contribution >= 0.6 is 23.4 Å². The number of esters is 1. The molecule has 1 aliphatic heterocycles. The van der Waals surface area contributed by atoms with Gasteiger partial charge in [0.15, 0.2) is 0 Å². The van der Waals surface area contributed by atoms with Gasteiger partial charge < -0.3 is 20.1 Å². The molecule has 1 heterocycles. The van der Waals surface area contributed by atoms with Gasteiger partial charge in [0.2, 0.25) is 5.91 Å². The van der Waals surface area contributed by atoms with Crippen LogP contribution in [0.15, 0.2) is 70.4 Å². The Bertz CT molecular complexity index is 1300. The molecule has 3 rings (SSSR count). The molecule has 2 N–H and O–H groups in total. The highest BCUT2D eigenvalue weighted by Crippen LogP contribution is 2.41. The number of nitro groups is 1. The van der Waals surface area contributed by atoms with Crippen molar-refractivity contribution in [2.75, 3.05) is 31.4 Å². The summed E-state index contributed by atoms with van der Waals surface area (Å²) in [5.41, 5.74) is 1.41. The van der Waals surface area contributed by atoms with E-state index in [4.69, 9.17) is 21.1 Å². The molecule has 1 amide bonds. The maximum absolute atomic E-state index is 13.0. The minimum absolute atomic E-state index is 0.0401. The van der Waals surface area contributed by atoms with E-state index in [1.165, 1.54) is 25.3 Å². The first-order valence-corrected chi connectivity index (χ1v) is 12.3. The summed E-state index contributed by atoms with van der Waals surface area (Å²) in [6.07, 6.45) is 0. The number of carbonyl (C=O) groups excluding carboxylic acids is 2. The molecule has 0 spiro atoms. The second-order valence-electron chi connectivity index (χ2n) is 7.74. The number of hydrogen-bond donors (Lipinski definition) is 2. The number of thioether (sulfide) groups is 1. The fourth-order valence-corrected chi connectivity index (χ4v) is 4.66. The van der Waals surface area contributed by atoms with Gasteiger partial charge in [-0.15, -0.1) is 0 Å². The minimum Gasteiger partial charge on any atom is -0.460 e. The van der Waals surface area contributed by atoms with Crippen molar-refractivity contribution in [2.45, 2.75) is 12.8 Å². The number of amides is 1. The second-order valence-corrected chi connectivity index (χ2v) is 9.16. The zero-order chi connectivity index (χ0) is 26.9. The summed E-state index contributed by atoms with van der Waals surface area (Å²) in [5.74, 6) is -2.01. The number of nitrogens with zero attached hydrogens (tertiary/aromatic N) is 2. The van der Waals surface area contributed by atoms with E-state index < -0.39 is 22.7 Å². The van der Waals surface area contributed by atoms with Gasteiger partial charge in [0, 0.05) is 23.9 Å². The number of nitro benzene ring substituents is 1. The number of rotatable bonds is 10. The van der Waals surface area contributed by atoms with Crippen LogP contribution in [0.4, 0.5) is 11.4 Å². The third-order valence-corrected chi connectivity index (χ3v) is 6.58. The van der Waals surface area contributed by atoms with Gasteiger partial charge in [0.1, 0.15) is 12.3 Å². The Kier molecular flexibility index (Phi) is 9.68. The summed E-state index contributed by atoms with van der Waals surface area (Å²) < 4.78 is 10.3. The van der Waals surface area contributed by atoms with Crippen LogP contribution in [-0.4, -0.2) is 42.9 Å². The van der Waals surface area contributed by atoms with Crippen LogP contribution in [0.3, 0.4) is 0 Å². The first-order valence-electron chi connectivity index (χ1n) is 11.0. The van der Waals surface area contributed by atoms with Gasteiger partial charge in [-0.2, -0.15) is 5.26 Å². The number of para-hydroxylation sites is 2. The standard InChI is InChI=1S/C25H23ClN4O6S/c1-15-22(25(32)36-12-11-35-2)23(16-7-9-17(26)10-8-16)18(13-27)24(28-15)37-14-21(31)29-19-5-3-4-6-20(19)30(33)34/h3-10,23,28H,11-12,14H2,1-2H3,(H,29,31)/t23-/m1/s1. The van der Waals surface area contributed by atoms with Crippen LogP contribution in [0.1, 0.15) is 18.4 Å². The zero-order valence-corrected chi connectivity index (χ0v) is 21.5. The molecule has 2 aromatic carbocycles. The number of halogens is 1. The van der Waals surface area contributed by atoms with E-state index in [0.717, 1.165) is 11.8 Å². The summed E-state index contributed by atoms with van der Waals surface area (Å²) in [5, 5.41) is 27.8. The topological polar surface area (TPSA) is 144 Å². The Morgan fingerprint density at radius 1 is 1.22 bits per heavy atom. The lowest BCUT2D eigenvalue weighted by molar-refractivity contribution is -0.383. The number of nitriles is 1. The molecule has 0 aliphatic carbocycles. The lowest BCUT2D eigenvalue weighted by Crippen LogP contribution is -2.29. The fourth-order valence-electron chi connectivity index (χ4n) is 3.64. The molecule has 0 radical (unpaired) electrons. The van der Waals surface area contributed by atoms with E-state index in [9.17, 15) is 25.0 Å². The molecule has 0 saturated carbocycles. The van der Waals surface area contributed by atoms with Gasteiger partial charge in [0.25, 0.3) is 5.69 Å². The van der Waals surface area contributed by atoms with Crippen LogP contribution in [0.25, 0.3) is 0 Å². The quantitative estimate of drug-likeness (QED) is 0.192. The van der Waals surface area contributed by atoms with Crippen molar-refractivity contribution in [3.05, 3.63) is 91.1 Å². The number of benzene rings is 2. The number of ether oxygens (including phenoxy) is 2. The third kappa shape index (κ3) is 6.89. The molecule has 12 heteroatoms. The fraction of sp³-hybridized carbons (Fsp3) is 0.240. The van der Waals surface area contributed by atoms with Crippen molar-refractivity contribution in [1.82, 2.24) is 5.32 Å². The predicted octanol–water partition coefficient (Wildman–Crippen LogP) is 4.51. The summed E-state index contributed by atoms with van der Waals surface area (Å²) in [4.78, 5) is 36.3. The molecule has 1 aliphatic rings. The maximum Gasteiger partial charge on any atom is 0.336 e. The minimum atomic E-state index is -0.765. The first kappa shape index (κ1) is 27.7. The molecule has 0 fully saturated rings. The highest BCUT2D eigenvalue weighted by Gasteiger charge is 2.35. The van der Waals surface area contributed by atoms with Crippen LogP contribution in [0.5, 0.6) is 0 Å². The number of methoxy groups -OCH3 is 1. The van der Waals surface area contributed by atoms with Gasteiger partial charge >= 0.3 is 5.97 Å². The van der Waals surface area contributed by atoms with Crippen LogP contribution in [-0.2, 0) is 19.1 Å². The highest BCUT2D eigenvalue weighted by molar-refractivity contribution is 8.03. The van der Waals surface area contributed by atoms with Crippen LogP contribution < -0.4 is 10.6 Å². The number of allylic oxidation sites excluding steroid dienone is 2. The van der Waals surface area contributed by atoms with Crippen molar-refractivity contribution >= 4 is 46.6 Å². The SMILES string of the molecule is COCCOC(=O)C1=C(C)NC(SCC(=O)Nc2ccccc2[N+](=O)[O-])=C(C#N)[C@H]1c1ccc(Cl)cc1. The molecule has 1 atom stereocenters. The Morgan fingerprint density at radius 3 is 2.57 bits per heavy atom. The molecule has 37 heavy (non-hydrogen) atoms. The van der Waals surface area contributed by atoms with Gasteiger partial charge in [-0.1, -0.05) is 47.6 Å². The third-order valence-electron chi connectivity index (χ3n) is 5.31. The second kappa shape index (κ2) is 12.9.